The topological polar surface area (TPSA) is 63.7 Å². The van der Waals surface area contributed by atoms with Crippen LogP contribution in [0.15, 0.2) is 48.5 Å². The third kappa shape index (κ3) is 4.82. The van der Waals surface area contributed by atoms with Gasteiger partial charge in [0.1, 0.15) is 5.82 Å². The molecule has 1 aliphatic rings. The lowest BCUT2D eigenvalue weighted by atomic mass is 10.0. The first kappa shape index (κ1) is 21.0. The molecule has 1 heterocycles. The van der Waals surface area contributed by atoms with Crippen molar-refractivity contribution in [2.45, 2.75) is 25.9 Å². The number of Topliss-reactive ketones (excluding diaryl/α,β-unsaturated/α-hetero) is 1. The molecule has 0 radical (unpaired) electrons. The number of carbonyl (C=O) groups excluding carboxylic acids is 3. The number of amides is 1. The van der Waals surface area contributed by atoms with E-state index in [9.17, 15) is 18.8 Å². The first-order chi connectivity index (χ1) is 13.9. The second-order valence-electron chi connectivity index (χ2n) is 6.97. The van der Waals surface area contributed by atoms with E-state index in [0.717, 1.165) is 11.3 Å². The largest absolute Gasteiger partial charge is 0.454 e. The molecule has 1 amide bonds. The van der Waals surface area contributed by atoms with Crippen molar-refractivity contribution in [2.24, 2.45) is 5.92 Å². The van der Waals surface area contributed by atoms with Crippen LogP contribution in [0, 0.1) is 18.7 Å². The summed E-state index contributed by atoms with van der Waals surface area (Å²) in [6, 6.07) is 12.5. The van der Waals surface area contributed by atoms with Crippen LogP contribution in [0.5, 0.6) is 0 Å². The van der Waals surface area contributed by atoms with Gasteiger partial charge in [0.05, 0.1) is 5.92 Å². The highest BCUT2D eigenvalue weighted by Crippen LogP contribution is 2.29. The molecule has 7 heteroatoms. The lowest BCUT2D eigenvalue weighted by Gasteiger charge is -2.20. The Morgan fingerprint density at radius 1 is 1.21 bits per heavy atom. The van der Waals surface area contributed by atoms with E-state index in [1.54, 1.807) is 4.90 Å². The smallest absolute Gasteiger partial charge is 0.312 e. The van der Waals surface area contributed by atoms with Gasteiger partial charge >= 0.3 is 5.97 Å². The Balaban J connectivity index is 1.70. The van der Waals surface area contributed by atoms with Gasteiger partial charge < -0.3 is 9.64 Å². The molecule has 2 atom stereocenters. The summed E-state index contributed by atoms with van der Waals surface area (Å²) in [7, 11) is 0. The number of halogens is 2. The minimum absolute atomic E-state index is 0.0193. The van der Waals surface area contributed by atoms with Crippen LogP contribution in [0.4, 0.5) is 10.1 Å². The number of benzene rings is 2. The molecular weight excluding hydrogens is 397 g/mol. The van der Waals surface area contributed by atoms with Gasteiger partial charge in [-0.3, -0.25) is 14.4 Å². The van der Waals surface area contributed by atoms with Gasteiger partial charge in [-0.1, -0.05) is 18.2 Å². The van der Waals surface area contributed by atoms with Crippen LogP contribution in [0.2, 0.25) is 0 Å². The van der Waals surface area contributed by atoms with Crippen LogP contribution in [-0.4, -0.2) is 36.2 Å². The Labute approximate surface area is 173 Å². The summed E-state index contributed by atoms with van der Waals surface area (Å²) in [5, 5.41) is 0. The van der Waals surface area contributed by atoms with Gasteiger partial charge in [0.2, 0.25) is 11.7 Å². The average Bonchev–Trinajstić information content (AvgIpc) is 3.09. The Morgan fingerprint density at radius 2 is 1.90 bits per heavy atom. The summed E-state index contributed by atoms with van der Waals surface area (Å²) >= 11 is 5.77. The number of hydrogen-bond acceptors (Lipinski definition) is 4. The number of alkyl halides is 1. The van der Waals surface area contributed by atoms with Crippen molar-refractivity contribution in [3.05, 3.63) is 65.5 Å². The van der Waals surface area contributed by atoms with Crippen molar-refractivity contribution < 1.29 is 23.5 Å². The molecule has 0 aromatic heterocycles. The second kappa shape index (κ2) is 9.18. The third-order valence-electron chi connectivity index (χ3n) is 4.92. The zero-order chi connectivity index (χ0) is 21.0. The molecule has 5 nitrogen and oxygen atoms in total. The van der Waals surface area contributed by atoms with E-state index < -0.39 is 29.6 Å². The number of esters is 1. The number of anilines is 1. The number of nitrogens with zero attached hydrogens (tertiary/aromatic N) is 1. The average molecular weight is 418 g/mol. The molecular formula is C22H21ClFNO4. The Morgan fingerprint density at radius 3 is 2.55 bits per heavy atom. The number of rotatable bonds is 7. The molecule has 0 N–H and O–H groups in total. The molecule has 1 aliphatic heterocycles. The van der Waals surface area contributed by atoms with E-state index in [4.69, 9.17) is 16.3 Å². The summed E-state index contributed by atoms with van der Waals surface area (Å²) in [4.78, 5) is 39.3. The van der Waals surface area contributed by atoms with Gasteiger partial charge in [0, 0.05) is 36.5 Å². The monoisotopic (exact) mass is 417 g/mol. The van der Waals surface area contributed by atoms with Gasteiger partial charge in [-0.05, 0) is 42.8 Å². The summed E-state index contributed by atoms with van der Waals surface area (Å²) in [5.74, 6) is -2.24. The zero-order valence-corrected chi connectivity index (χ0v) is 16.7. The quantitative estimate of drug-likeness (QED) is 0.389. The van der Waals surface area contributed by atoms with E-state index in [1.165, 1.54) is 24.3 Å². The lowest BCUT2D eigenvalue weighted by molar-refractivity contribution is -0.151. The first-order valence-corrected chi connectivity index (χ1v) is 9.86. The maximum Gasteiger partial charge on any atom is 0.312 e. The number of aryl methyl sites for hydroxylation is 1. The molecule has 0 aliphatic carbocycles. The van der Waals surface area contributed by atoms with Crippen molar-refractivity contribution in [3.8, 4) is 0 Å². The minimum atomic E-state index is -1.08. The van der Waals surface area contributed by atoms with Crippen LogP contribution < -0.4 is 4.90 Å². The van der Waals surface area contributed by atoms with E-state index >= 15 is 0 Å². The Kier molecular flexibility index (Phi) is 6.64. The highest BCUT2D eigenvalue weighted by molar-refractivity contribution is 6.18. The minimum Gasteiger partial charge on any atom is -0.454 e. The molecule has 152 valence electrons. The lowest BCUT2D eigenvalue weighted by Crippen LogP contribution is -2.32. The van der Waals surface area contributed by atoms with Crippen LogP contribution in [0.3, 0.4) is 0 Å². The molecule has 29 heavy (non-hydrogen) atoms. The van der Waals surface area contributed by atoms with Gasteiger partial charge in [0.15, 0.2) is 6.10 Å². The summed E-state index contributed by atoms with van der Waals surface area (Å²) in [6.45, 7) is 2.09. The maximum atomic E-state index is 13.1. The number of para-hydroxylation sites is 1. The zero-order valence-electron chi connectivity index (χ0n) is 15.9. The molecule has 0 bridgehead atoms. The van der Waals surface area contributed by atoms with E-state index in [2.05, 4.69) is 0 Å². The fraction of sp³-hybridized carbons (Fsp3) is 0.318. The third-order valence-corrected chi connectivity index (χ3v) is 5.13. The molecule has 0 unspecified atom stereocenters. The van der Waals surface area contributed by atoms with Gasteiger partial charge in [-0.15, -0.1) is 11.6 Å². The molecule has 3 rings (SSSR count). The van der Waals surface area contributed by atoms with E-state index in [1.807, 2.05) is 31.2 Å². The van der Waals surface area contributed by atoms with Gasteiger partial charge in [-0.25, -0.2) is 4.39 Å². The van der Waals surface area contributed by atoms with Crippen molar-refractivity contribution in [1.82, 2.24) is 0 Å². The van der Waals surface area contributed by atoms with Crippen molar-refractivity contribution >= 4 is 34.9 Å². The standard InChI is InChI=1S/C22H21ClFNO4/c1-14-4-2-3-5-18(14)25-13-16(12-20(25)26)22(28)29-19(10-11-23)21(27)15-6-8-17(24)9-7-15/h2-9,16,19H,10-13H2,1H3/t16-,19+/m0/s1. The number of ketones is 1. The summed E-state index contributed by atoms with van der Waals surface area (Å²) in [6.07, 6.45) is -0.926. The fourth-order valence-electron chi connectivity index (χ4n) is 3.34. The highest BCUT2D eigenvalue weighted by Gasteiger charge is 2.38. The summed E-state index contributed by atoms with van der Waals surface area (Å²) < 4.78 is 18.5. The molecule has 0 spiro atoms. The van der Waals surface area contributed by atoms with Crippen molar-refractivity contribution in [1.29, 1.82) is 0 Å². The SMILES string of the molecule is Cc1ccccc1N1C[C@@H](C(=O)O[C@H](CCCl)C(=O)c2ccc(F)cc2)CC1=O. The predicted molar refractivity (Wildman–Crippen MR) is 108 cm³/mol. The molecule has 1 fully saturated rings. The first-order valence-electron chi connectivity index (χ1n) is 9.33. The van der Waals surface area contributed by atoms with Gasteiger partial charge in [-0.2, -0.15) is 0 Å². The molecule has 2 aromatic rings. The van der Waals surface area contributed by atoms with Crippen LogP contribution in [-0.2, 0) is 14.3 Å². The molecule has 1 saturated heterocycles. The summed E-state index contributed by atoms with van der Waals surface area (Å²) in [5.41, 5.74) is 1.92. The van der Waals surface area contributed by atoms with Crippen LogP contribution in [0.1, 0.15) is 28.8 Å². The predicted octanol–water partition coefficient (Wildman–Crippen LogP) is 3.91. The second-order valence-corrected chi connectivity index (χ2v) is 7.34. The van der Waals surface area contributed by atoms with Gasteiger partial charge in [0.25, 0.3) is 0 Å². The van der Waals surface area contributed by atoms with E-state index in [-0.39, 0.29) is 36.7 Å². The van der Waals surface area contributed by atoms with Crippen molar-refractivity contribution in [2.75, 3.05) is 17.3 Å². The van der Waals surface area contributed by atoms with Crippen LogP contribution >= 0.6 is 11.6 Å². The normalized spacial score (nSPS) is 17.3. The Hall–Kier alpha value is -2.73. The Bertz CT molecular complexity index is 915. The van der Waals surface area contributed by atoms with Crippen LogP contribution in [0.25, 0.3) is 0 Å². The number of ether oxygens (including phenoxy) is 1. The molecule has 0 saturated carbocycles. The number of hydrogen-bond donors (Lipinski definition) is 0. The maximum absolute atomic E-state index is 13.1. The van der Waals surface area contributed by atoms with E-state index in [0.29, 0.717) is 0 Å². The number of carbonyl (C=O) groups is 3. The highest BCUT2D eigenvalue weighted by atomic mass is 35.5. The fourth-order valence-corrected chi connectivity index (χ4v) is 3.54. The van der Waals surface area contributed by atoms with Crippen molar-refractivity contribution in [3.63, 3.8) is 0 Å². The molecule has 2 aromatic carbocycles.